The molecule has 1 unspecified atom stereocenters. The van der Waals surface area contributed by atoms with E-state index in [1.54, 1.807) is 31.2 Å². The number of amides is 1. The van der Waals surface area contributed by atoms with Crippen LogP contribution in [0.2, 0.25) is 0 Å². The van der Waals surface area contributed by atoms with E-state index < -0.39 is 12.0 Å². The van der Waals surface area contributed by atoms with Gasteiger partial charge in [0, 0.05) is 11.3 Å². The summed E-state index contributed by atoms with van der Waals surface area (Å²) in [6.45, 7) is 3.93. The van der Waals surface area contributed by atoms with E-state index in [0.717, 1.165) is 11.3 Å². The molecule has 2 rings (SSSR count). The molecule has 0 bridgehead atoms. The standard InChI is InChI=1S/C18H20N2O3/c1-3-23-18(22)16(19)13-8-10-14(11-9-13)17(21)20-15-7-5-4-6-12(15)2/h4-11,16H,3,19H2,1-2H3,(H,20,21). The molecule has 0 aromatic heterocycles. The third kappa shape index (κ3) is 4.17. The molecule has 1 atom stereocenters. The summed E-state index contributed by atoms with van der Waals surface area (Å²) in [7, 11) is 0. The highest BCUT2D eigenvalue weighted by Crippen LogP contribution is 2.17. The third-order valence-electron chi connectivity index (χ3n) is 3.47. The Morgan fingerprint density at radius 3 is 2.39 bits per heavy atom. The van der Waals surface area contributed by atoms with E-state index >= 15 is 0 Å². The van der Waals surface area contributed by atoms with Gasteiger partial charge in [0.05, 0.1) is 6.61 Å². The van der Waals surface area contributed by atoms with Crippen molar-refractivity contribution in [1.82, 2.24) is 0 Å². The maximum absolute atomic E-state index is 12.2. The fraction of sp³-hybridized carbons (Fsp3) is 0.222. The first kappa shape index (κ1) is 16.7. The first-order valence-corrected chi connectivity index (χ1v) is 7.42. The van der Waals surface area contributed by atoms with Crippen LogP contribution < -0.4 is 11.1 Å². The van der Waals surface area contributed by atoms with Gasteiger partial charge in [-0.2, -0.15) is 0 Å². The molecule has 3 N–H and O–H groups in total. The van der Waals surface area contributed by atoms with Crippen molar-refractivity contribution in [3.8, 4) is 0 Å². The Morgan fingerprint density at radius 2 is 1.78 bits per heavy atom. The SMILES string of the molecule is CCOC(=O)C(N)c1ccc(C(=O)Nc2ccccc2C)cc1. The summed E-state index contributed by atoms with van der Waals surface area (Å²) < 4.78 is 4.88. The molecule has 0 aliphatic heterocycles. The molecule has 2 aromatic rings. The Kier molecular flexibility index (Phi) is 5.49. The van der Waals surface area contributed by atoms with Crippen LogP contribution in [0.4, 0.5) is 5.69 Å². The van der Waals surface area contributed by atoms with E-state index in [-0.39, 0.29) is 12.5 Å². The number of esters is 1. The van der Waals surface area contributed by atoms with Crippen LogP contribution in [0.1, 0.15) is 34.5 Å². The largest absolute Gasteiger partial charge is 0.465 e. The maximum atomic E-state index is 12.2. The minimum atomic E-state index is -0.844. The van der Waals surface area contributed by atoms with Crippen LogP contribution in [0, 0.1) is 6.92 Å². The summed E-state index contributed by atoms with van der Waals surface area (Å²) in [5.41, 5.74) is 8.68. The van der Waals surface area contributed by atoms with Gasteiger partial charge in [-0.3, -0.25) is 4.79 Å². The molecule has 0 aliphatic rings. The number of carbonyl (C=O) groups is 2. The third-order valence-corrected chi connectivity index (χ3v) is 3.47. The Labute approximate surface area is 135 Å². The number of carbonyl (C=O) groups excluding carboxylic acids is 2. The zero-order valence-corrected chi connectivity index (χ0v) is 13.2. The topological polar surface area (TPSA) is 81.4 Å². The zero-order chi connectivity index (χ0) is 16.8. The second kappa shape index (κ2) is 7.56. The van der Waals surface area contributed by atoms with Crippen molar-refractivity contribution in [1.29, 1.82) is 0 Å². The first-order valence-electron chi connectivity index (χ1n) is 7.42. The van der Waals surface area contributed by atoms with Gasteiger partial charge in [0.25, 0.3) is 5.91 Å². The quantitative estimate of drug-likeness (QED) is 0.832. The van der Waals surface area contributed by atoms with Gasteiger partial charge < -0.3 is 15.8 Å². The van der Waals surface area contributed by atoms with Gasteiger partial charge in [-0.05, 0) is 43.2 Å². The Morgan fingerprint density at radius 1 is 1.13 bits per heavy atom. The average molecular weight is 312 g/mol. The predicted octanol–water partition coefficient (Wildman–Crippen LogP) is 2.81. The van der Waals surface area contributed by atoms with E-state index in [2.05, 4.69) is 5.32 Å². The molecular formula is C18H20N2O3. The van der Waals surface area contributed by atoms with E-state index in [1.807, 2.05) is 31.2 Å². The van der Waals surface area contributed by atoms with Gasteiger partial charge >= 0.3 is 5.97 Å². The molecule has 0 saturated carbocycles. The molecule has 0 fully saturated rings. The fourth-order valence-corrected chi connectivity index (χ4v) is 2.12. The summed E-state index contributed by atoms with van der Waals surface area (Å²) in [5, 5.41) is 2.86. The lowest BCUT2D eigenvalue weighted by Crippen LogP contribution is -2.23. The first-order chi connectivity index (χ1) is 11.0. The second-order valence-electron chi connectivity index (χ2n) is 5.12. The lowest BCUT2D eigenvalue weighted by atomic mass is 10.1. The number of hydrogen-bond acceptors (Lipinski definition) is 4. The Hall–Kier alpha value is -2.66. The maximum Gasteiger partial charge on any atom is 0.327 e. The van der Waals surface area contributed by atoms with Gasteiger partial charge in [0.2, 0.25) is 0 Å². The molecule has 5 heteroatoms. The van der Waals surface area contributed by atoms with Crippen molar-refractivity contribution in [2.75, 3.05) is 11.9 Å². The van der Waals surface area contributed by atoms with Gasteiger partial charge in [0.15, 0.2) is 0 Å². The molecule has 0 spiro atoms. The number of rotatable bonds is 5. The molecule has 0 heterocycles. The average Bonchev–Trinajstić information content (AvgIpc) is 2.56. The van der Waals surface area contributed by atoms with Crippen molar-refractivity contribution in [2.45, 2.75) is 19.9 Å². The second-order valence-corrected chi connectivity index (χ2v) is 5.12. The van der Waals surface area contributed by atoms with Crippen LogP contribution in [0.25, 0.3) is 0 Å². The minimum Gasteiger partial charge on any atom is -0.465 e. The predicted molar refractivity (Wildman–Crippen MR) is 89.1 cm³/mol. The highest BCUT2D eigenvalue weighted by molar-refractivity contribution is 6.04. The van der Waals surface area contributed by atoms with Crippen molar-refractivity contribution >= 4 is 17.6 Å². The molecule has 2 aromatic carbocycles. The smallest absolute Gasteiger partial charge is 0.327 e. The van der Waals surface area contributed by atoms with Crippen LogP contribution in [0.15, 0.2) is 48.5 Å². The summed E-state index contributed by atoms with van der Waals surface area (Å²) in [6.07, 6.45) is 0. The molecule has 0 saturated heterocycles. The molecule has 120 valence electrons. The molecule has 1 amide bonds. The van der Waals surface area contributed by atoms with E-state index in [9.17, 15) is 9.59 Å². The number of para-hydroxylation sites is 1. The van der Waals surface area contributed by atoms with Crippen molar-refractivity contribution in [3.05, 3.63) is 65.2 Å². The summed E-state index contributed by atoms with van der Waals surface area (Å²) >= 11 is 0. The highest BCUT2D eigenvalue weighted by Gasteiger charge is 2.17. The van der Waals surface area contributed by atoms with Crippen molar-refractivity contribution in [3.63, 3.8) is 0 Å². The Bertz CT molecular complexity index is 696. The summed E-state index contributed by atoms with van der Waals surface area (Å²) in [6, 6.07) is 13.3. The minimum absolute atomic E-state index is 0.212. The number of hydrogen-bond donors (Lipinski definition) is 2. The Balaban J connectivity index is 2.08. The van der Waals surface area contributed by atoms with E-state index in [1.165, 1.54) is 0 Å². The van der Waals surface area contributed by atoms with Crippen molar-refractivity contribution in [2.24, 2.45) is 5.73 Å². The number of aryl methyl sites for hydroxylation is 1. The van der Waals surface area contributed by atoms with Gasteiger partial charge in [-0.25, -0.2) is 4.79 Å². The van der Waals surface area contributed by atoms with Crippen LogP contribution in [0.3, 0.4) is 0 Å². The van der Waals surface area contributed by atoms with Crippen LogP contribution in [-0.4, -0.2) is 18.5 Å². The molecule has 23 heavy (non-hydrogen) atoms. The molecule has 0 radical (unpaired) electrons. The number of nitrogens with two attached hydrogens (primary N) is 1. The lowest BCUT2D eigenvalue weighted by Gasteiger charge is -2.12. The molecule has 0 aliphatic carbocycles. The van der Waals surface area contributed by atoms with E-state index in [0.29, 0.717) is 11.1 Å². The van der Waals surface area contributed by atoms with E-state index in [4.69, 9.17) is 10.5 Å². The van der Waals surface area contributed by atoms with Gasteiger partial charge in [0.1, 0.15) is 6.04 Å². The van der Waals surface area contributed by atoms with Crippen LogP contribution >= 0.6 is 0 Å². The zero-order valence-electron chi connectivity index (χ0n) is 13.2. The fourth-order valence-electron chi connectivity index (χ4n) is 2.12. The highest BCUT2D eigenvalue weighted by atomic mass is 16.5. The summed E-state index contributed by atoms with van der Waals surface area (Å²) in [5.74, 6) is -0.694. The van der Waals surface area contributed by atoms with Crippen molar-refractivity contribution < 1.29 is 14.3 Å². The number of anilines is 1. The number of ether oxygens (including phenoxy) is 1. The molecule has 5 nitrogen and oxygen atoms in total. The van der Waals surface area contributed by atoms with Crippen LogP contribution in [-0.2, 0) is 9.53 Å². The lowest BCUT2D eigenvalue weighted by molar-refractivity contribution is -0.144. The van der Waals surface area contributed by atoms with Crippen LogP contribution in [0.5, 0.6) is 0 Å². The monoisotopic (exact) mass is 312 g/mol. The normalized spacial score (nSPS) is 11.6. The van der Waals surface area contributed by atoms with Gasteiger partial charge in [-0.15, -0.1) is 0 Å². The summed E-state index contributed by atoms with van der Waals surface area (Å²) in [4.78, 5) is 23.9. The number of benzene rings is 2. The van der Waals surface area contributed by atoms with Gasteiger partial charge in [-0.1, -0.05) is 30.3 Å². The number of nitrogens with one attached hydrogen (secondary N) is 1. The molecular weight excluding hydrogens is 292 g/mol.